The summed E-state index contributed by atoms with van der Waals surface area (Å²) in [5.74, 6) is -1.41. The Morgan fingerprint density at radius 2 is 1.84 bits per heavy atom. The molecule has 0 unspecified atom stereocenters. The van der Waals surface area contributed by atoms with Crippen LogP contribution in [0.15, 0.2) is 18.2 Å². The second kappa shape index (κ2) is 5.08. The zero-order valence-electron chi connectivity index (χ0n) is 9.82. The Morgan fingerprint density at radius 3 is 2.32 bits per heavy atom. The minimum Gasteiger partial charge on any atom is -0.465 e. The smallest absolute Gasteiger partial charge is 0.465 e. The van der Waals surface area contributed by atoms with Gasteiger partial charge in [0.1, 0.15) is 5.75 Å². The van der Waals surface area contributed by atoms with E-state index in [-0.39, 0.29) is 11.1 Å². The van der Waals surface area contributed by atoms with Crippen molar-refractivity contribution in [2.24, 2.45) is 0 Å². The van der Waals surface area contributed by atoms with Gasteiger partial charge in [-0.2, -0.15) is 21.6 Å². The number of ether oxygens (including phenoxy) is 1. The molecule has 1 rings (SSSR count). The lowest BCUT2D eigenvalue weighted by Crippen LogP contribution is -2.28. The molecule has 0 bridgehead atoms. The van der Waals surface area contributed by atoms with E-state index >= 15 is 0 Å². The van der Waals surface area contributed by atoms with E-state index in [0.717, 1.165) is 13.2 Å². The Morgan fingerprint density at radius 1 is 1.26 bits per heavy atom. The Labute approximate surface area is 107 Å². The highest BCUT2D eigenvalue weighted by Gasteiger charge is 2.48. The molecule has 1 aromatic rings. The van der Waals surface area contributed by atoms with Crippen molar-refractivity contribution < 1.29 is 35.3 Å². The summed E-state index contributed by atoms with van der Waals surface area (Å²) in [7, 11) is -4.70. The third-order valence-corrected chi connectivity index (χ3v) is 3.06. The second-order valence-electron chi connectivity index (χ2n) is 3.46. The topological polar surface area (TPSA) is 69.7 Å². The highest BCUT2D eigenvalue weighted by molar-refractivity contribution is 7.88. The maximum atomic E-state index is 12.2. The Bertz CT molecular complexity index is 592. The van der Waals surface area contributed by atoms with Crippen LogP contribution in [0.3, 0.4) is 0 Å². The van der Waals surface area contributed by atoms with Crippen LogP contribution in [-0.2, 0) is 14.9 Å². The molecule has 0 fully saturated rings. The van der Waals surface area contributed by atoms with Crippen LogP contribution in [-0.4, -0.2) is 27.0 Å². The first-order valence-electron chi connectivity index (χ1n) is 4.78. The van der Waals surface area contributed by atoms with Gasteiger partial charge in [-0.25, -0.2) is 4.79 Å². The molecule has 1 aromatic carbocycles. The Kier molecular flexibility index (Phi) is 4.09. The zero-order valence-corrected chi connectivity index (χ0v) is 10.6. The first kappa shape index (κ1) is 15.3. The summed E-state index contributed by atoms with van der Waals surface area (Å²) >= 11 is 0. The van der Waals surface area contributed by atoms with Crippen LogP contribution in [0.4, 0.5) is 13.2 Å². The second-order valence-corrected chi connectivity index (χ2v) is 4.99. The number of alkyl halides is 3. The number of aryl methyl sites for hydroxylation is 1. The summed E-state index contributed by atoms with van der Waals surface area (Å²) < 4.78 is 66.6. The van der Waals surface area contributed by atoms with Gasteiger partial charge in [0.2, 0.25) is 0 Å². The fraction of sp³-hybridized carbons (Fsp3) is 0.300. The van der Waals surface area contributed by atoms with Crippen LogP contribution in [0.25, 0.3) is 0 Å². The molecule has 0 saturated carbocycles. The molecule has 19 heavy (non-hydrogen) atoms. The lowest BCUT2D eigenvalue weighted by molar-refractivity contribution is -0.0500. The Balaban J connectivity index is 3.19. The lowest BCUT2D eigenvalue weighted by atomic mass is 10.1. The number of rotatable bonds is 3. The normalized spacial score (nSPS) is 12.1. The number of esters is 1. The molecular formula is C10H9F3O5S. The van der Waals surface area contributed by atoms with Gasteiger partial charge in [-0.05, 0) is 24.6 Å². The fourth-order valence-electron chi connectivity index (χ4n) is 1.10. The molecule has 0 spiro atoms. The van der Waals surface area contributed by atoms with E-state index in [1.54, 1.807) is 0 Å². The molecule has 106 valence electrons. The molecule has 0 aromatic heterocycles. The summed E-state index contributed by atoms with van der Waals surface area (Å²) in [6, 6.07) is 3.38. The summed E-state index contributed by atoms with van der Waals surface area (Å²) in [6.07, 6.45) is 0. The van der Waals surface area contributed by atoms with Crippen molar-refractivity contribution in [2.75, 3.05) is 7.11 Å². The zero-order chi connectivity index (χ0) is 14.8. The minimum absolute atomic E-state index is 0.125. The van der Waals surface area contributed by atoms with Crippen LogP contribution in [0.1, 0.15) is 15.9 Å². The fourth-order valence-corrected chi connectivity index (χ4v) is 1.61. The van der Waals surface area contributed by atoms with Crippen LogP contribution in [0.2, 0.25) is 0 Å². The van der Waals surface area contributed by atoms with Gasteiger partial charge >= 0.3 is 21.6 Å². The molecule has 0 saturated heterocycles. The summed E-state index contributed by atoms with van der Waals surface area (Å²) in [6.45, 7) is 1.34. The third-order valence-electron chi connectivity index (χ3n) is 2.09. The number of hydrogen-bond acceptors (Lipinski definition) is 5. The largest absolute Gasteiger partial charge is 0.534 e. The average molecular weight is 298 g/mol. The average Bonchev–Trinajstić information content (AvgIpc) is 2.29. The molecule has 9 heteroatoms. The monoisotopic (exact) mass is 298 g/mol. The predicted molar refractivity (Wildman–Crippen MR) is 58.1 cm³/mol. The van der Waals surface area contributed by atoms with Gasteiger partial charge in [-0.15, -0.1) is 0 Å². The van der Waals surface area contributed by atoms with Crippen LogP contribution in [0.5, 0.6) is 5.75 Å². The van der Waals surface area contributed by atoms with Crippen LogP contribution < -0.4 is 4.18 Å². The van der Waals surface area contributed by atoms with E-state index < -0.39 is 27.3 Å². The molecule has 0 amide bonds. The van der Waals surface area contributed by atoms with Gasteiger partial charge in [0.25, 0.3) is 0 Å². The highest BCUT2D eigenvalue weighted by atomic mass is 32.2. The molecule has 0 aliphatic rings. The van der Waals surface area contributed by atoms with Crippen molar-refractivity contribution in [3.63, 3.8) is 0 Å². The maximum Gasteiger partial charge on any atom is 0.534 e. The van der Waals surface area contributed by atoms with Gasteiger partial charge in [0.15, 0.2) is 0 Å². The molecule has 0 aliphatic carbocycles. The van der Waals surface area contributed by atoms with Crippen molar-refractivity contribution in [1.82, 2.24) is 0 Å². The van der Waals surface area contributed by atoms with E-state index in [4.69, 9.17) is 0 Å². The quantitative estimate of drug-likeness (QED) is 0.485. The SMILES string of the molecule is COC(=O)c1ccc(C)c(OS(=O)(=O)C(F)(F)F)c1. The Hall–Kier alpha value is -1.77. The molecule has 5 nitrogen and oxygen atoms in total. The van der Waals surface area contributed by atoms with Crippen molar-refractivity contribution >= 4 is 16.1 Å². The van der Waals surface area contributed by atoms with Crippen molar-refractivity contribution in [1.29, 1.82) is 0 Å². The third kappa shape index (κ3) is 3.37. The van der Waals surface area contributed by atoms with Gasteiger partial charge in [-0.1, -0.05) is 6.07 Å². The molecular weight excluding hydrogens is 289 g/mol. The van der Waals surface area contributed by atoms with E-state index in [1.165, 1.54) is 19.1 Å². The van der Waals surface area contributed by atoms with E-state index in [9.17, 15) is 26.4 Å². The molecule has 0 radical (unpaired) electrons. The number of benzene rings is 1. The van der Waals surface area contributed by atoms with Crippen molar-refractivity contribution in [3.05, 3.63) is 29.3 Å². The summed E-state index contributed by atoms with van der Waals surface area (Å²) in [4.78, 5) is 11.2. The highest BCUT2D eigenvalue weighted by Crippen LogP contribution is 2.29. The molecule has 0 atom stereocenters. The number of carbonyl (C=O) groups excluding carboxylic acids is 1. The number of hydrogen-bond donors (Lipinski definition) is 0. The first-order chi connectivity index (χ1) is 8.58. The van der Waals surface area contributed by atoms with E-state index in [1.807, 2.05) is 0 Å². The van der Waals surface area contributed by atoms with E-state index in [0.29, 0.717) is 0 Å². The van der Waals surface area contributed by atoms with Gasteiger partial charge in [0.05, 0.1) is 12.7 Å². The molecule has 0 N–H and O–H groups in total. The molecule has 0 heterocycles. The van der Waals surface area contributed by atoms with E-state index in [2.05, 4.69) is 8.92 Å². The van der Waals surface area contributed by atoms with Crippen LogP contribution >= 0.6 is 0 Å². The minimum atomic E-state index is -5.77. The number of halogens is 3. The predicted octanol–water partition coefficient (Wildman–Crippen LogP) is 2.01. The maximum absolute atomic E-state index is 12.2. The number of methoxy groups -OCH3 is 1. The summed E-state index contributed by atoms with van der Waals surface area (Å²) in [5, 5.41) is 0. The van der Waals surface area contributed by atoms with Gasteiger partial charge in [-0.3, -0.25) is 0 Å². The van der Waals surface area contributed by atoms with Gasteiger partial charge < -0.3 is 8.92 Å². The van der Waals surface area contributed by atoms with Crippen molar-refractivity contribution in [2.45, 2.75) is 12.4 Å². The van der Waals surface area contributed by atoms with Crippen molar-refractivity contribution in [3.8, 4) is 5.75 Å². The lowest BCUT2D eigenvalue weighted by Gasteiger charge is -2.12. The standard InChI is InChI=1S/C10H9F3O5S/c1-6-3-4-7(9(14)17-2)5-8(6)18-19(15,16)10(11,12)13/h3-5H,1-2H3. The summed E-state index contributed by atoms with van der Waals surface area (Å²) in [5.41, 5.74) is -5.54. The first-order valence-corrected chi connectivity index (χ1v) is 6.19. The number of carbonyl (C=O) groups is 1. The van der Waals surface area contributed by atoms with Crippen LogP contribution in [0, 0.1) is 6.92 Å². The van der Waals surface area contributed by atoms with Gasteiger partial charge in [0, 0.05) is 0 Å². The molecule has 0 aliphatic heterocycles.